The Morgan fingerprint density at radius 2 is 1.91 bits per heavy atom. The van der Waals surface area contributed by atoms with E-state index in [0.717, 1.165) is 5.19 Å². The molecule has 1 aromatic rings. The summed E-state index contributed by atoms with van der Waals surface area (Å²) in [5, 5.41) is 1.15. The molecular formula is C9H12NSi. The van der Waals surface area contributed by atoms with Gasteiger partial charge in [-0.05, 0) is 18.2 Å². The van der Waals surface area contributed by atoms with Gasteiger partial charge in [-0.1, -0.05) is 17.7 Å². The number of anilines is 1. The van der Waals surface area contributed by atoms with Crippen LogP contribution in [0.2, 0.25) is 0 Å². The molecule has 0 aromatic heterocycles. The average molecular weight is 162 g/mol. The second-order valence-electron chi connectivity index (χ2n) is 2.92. The molecule has 0 atom stereocenters. The number of benzene rings is 1. The third-order valence-electron chi connectivity index (χ3n) is 1.63. The van der Waals surface area contributed by atoms with E-state index in [-0.39, 0.29) is 0 Å². The van der Waals surface area contributed by atoms with Crippen LogP contribution < -0.4 is 10.1 Å². The summed E-state index contributed by atoms with van der Waals surface area (Å²) in [5.74, 6) is 0. The van der Waals surface area contributed by atoms with Crippen molar-refractivity contribution in [2.75, 3.05) is 19.0 Å². The maximum atomic E-state index is 3.56. The summed E-state index contributed by atoms with van der Waals surface area (Å²) >= 11 is 0. The highest BCUT2D eigenvalue weighted by molar-refractivity contribution is 6.35. The lowest BCUT2D eigenvalue weighted by Gasteiger charge is -2.15. The largest absolute Gasteiger partial charge is 0.378 e. The van der Waals surface area contributed by atoms with Gasteiger partial charge in [0.25, 0.3) is 0 Å². The molecule has 0 amide bonds. The first kappa shape index (κ1) is 8.33. The van der Waals surface area contributed by atoms with E-state index >= 15 is 0 Å². The van der Waals surface area contributed by atoms with Gasteiger partial charge in [-0.2, -0.15) is 0 Å². The molecule has 1 nitrogen and oxygen atoms in total. The molecule has 0 aliphatic heterocycles. The highest BCUT2D eigenvalue weighted by Gasteiger charge is 1.98. The predicted molar refractivity (Wildman–Crippen MR) is 50.9 cm³/mol. The minimum absolute atomic E-state index is 1.15. The van der Waals surface area contributed by atoms with E-state index in [4.69, 9.17) is 0 Å². The minimum Gasteiger partial charge on any atom is -0.378 e. The van der Waals surface area contributed by atoms with Crippen molar-refractivity contribution < 1.29 is 0 Å². The summed E-state index contributed by atoms with van der Waals surface area (Å²) in [4.78, 5) is 2.09. The van der Waals surface area contributed by atoms with E-state index in [1.807, 2.05) is 14.1 Å². The van der Waals surface area contributed by atoms with E-state index in [1.54, 1.807) is 0 Å². The lowest BCUT2D eigenvalue weighted by Crippen LogP contribution is -2.19. The summed E-state index contributed by atoms with van der Waals surface area (Å²) in [6.07, 6.45) is 0. The fourth-order valence-electron chi connectivity index (χ4n) is 1.04. The van der Waals surface area contributed by atoms with Crippen LogP contribution in [-0.2, 0) is 0 Å². The zero-order valence-electron chi connectivity index (χ0n) is 7.18. The molecule has 0 saturated heterocycles. The monoisotopic (exact) mass is 162 g/mol. The number of hydrogen-bond donors (Lipinski definition) is 0. The number of nitrogens with zero attached hydrogens (tertiary/aromatic N) is 1. The Balaban J connectivity index is 3.09. The Bertz CT molecular complexity index is 256. The van der Waals surface area contributed by atoms with E-state index in [2.05, 4.69) is 40.3 Å². The molecule has 2 heteroatoms. The molecule has 0 spiro atoms. The first-order valence-electron chi connectivity index (χ1n) is 3.61. The van der Waals surface area contributed by atoms with Crippen molar-refractivity contribution >= 4 is 21.1 Å². The standard InChI is InChI=1S/C9H12NSi/c1-7-4-5-8(10(2)3)9(11)6-7/h4-6H,1-3H3. The Morgan fingerprint density at radius 1 is 1.27 bits per heavy atom. The van der Waals surface area contributed by atoms with Crippen molar-refractivity contribution in [1.29, 1.82) is 0 Å². The van der Waals surface area contributed by atoms with Gasteiger partial charge in [0, 0.05) is 19.8 Å². The van der Waals surface area contributed by atoms with Crippen LogP contribution in [0.4, 0.5) is 5.69 Å². The van der Waals surface area contributed by atoms with E-state index in [1.165, 1.54) is 11.3 Å². The lowest BCUT2D eigenvalue weighted by atomic mass is 10.2. The highest BCUT2D eigenvalue weighted by Crippen LogP contribution is 2.07. The van der Waals surface area contributed by atoms with E-state index in [9.17, 15) is 0 Å². The molecule has 1 aromatic carbocycles. The fourth-order valence-corrected chi connectivity index (χ4v) is 1.57. The Morgan fingerprint density at radius 3 is 2.36 bits per heavy atom. The third kappa shape index (κ3) is 1.83. The second kappa shape index (κ2) is 3.09. The Labute approximate surface area is 71.5 Å². The van der Waals surface area contributed by atoms with Gasteiger partial charge in [-0.25, -0.2) is 0 Å². The molecular weight excluding hydrogens is 150 g/mol. The quantitative estimate of drug-likeness (QED) is 0.554. The molecule has 0 saturated carbocycles. The lowest BCUT2D eigenvalue weighted by molar-refractivity contribution is 1.14. The van der Waals surface area contributed by atoms with Gasteiger partial charge in [0.1, 0.15) is 0 Å². The molecule has 0 bridgehead atoms. The molecule has 0 heterocycles. The molecule has 0 fully saturated rings. The topological polar surface area (TPSA) is 3.24 Å². The van der Waals surface area contributed by atoms with Crippen molar-refractivity contribution in [2.45, 2.75) is 6.92 Å². The van der Waals surface area contributed by atoms with Crippen LogP contribution in [0.3, 0.4) is 0 Å². The molecule has 3 radical (unpaired) electrons. The molecule has 11 heavy (non-hydrogen) atoms. The van der Waals surface area contributed by atoms with Crippen molar-refractivity contribution in [2.24, 2.45) is 0 Å². The molecule has 0 aliphatic carbocycles. The number of rotatable bonds is 1. The van der Waals surface area contributed by atoms with Crippen LogP contribution in [0.15, 0.2) is 18.2 Å². The van der Waals surface area contributed by atoms with Gasteiger partial charge >= 0.3 is 0 Å². The zero-order chi connectivity index (χ0) is 8.43. The smallest absolute Gasteiger partial charge is 0.0741 e. The van der Waals surface area contributed by atoms with Crippen molar-refractivity contribution in [1.82, 2.24) is 0 Å². The molecule has 57 valence electrons. The Kier molecular flexibility index (Phi) is 2.34. The van der Waals surface area contributed by atoms with Crippen LogP contribution in [0, 0.1) is 6.92 Å². The first-order chi connectivity index (χ1) is 5.11. The van der Waals surface area contributed by atoms with Crippen molar-refractivity contribution in [3.8, 4) is 0 Å². The second-order valence-corrected chi connectivity index (χ2v) is 3.45. The Hall–Kier alpha value is -0.763. The molecule has 0 unspecified atom stereocenters. The molecule has 0 N–H and O–H groups in total. The fraction of sp³-hybridized carbons (Fsp3) is 0.333. The van der Waals surface area contributed by atoms with E-state index < -0.39 is 0 Å². The first-order valence-corrected chi connectivity index (χ1v) is 4.11. The molecule has 1 rings (SSSR count). The van der Waals surface area contributed by atoms with Gasteiger partial charge < -0.3 is 4.90 Å². The zero-order valence-corrected chi connectivity index (χ0v) is 8.18. The van der Waals surface area contributed by atoms with Gasteiger partial charge in [0.15, 0.2) is 0 Å². The van der Waals surface area contributed by atoms with Gasteiger partial charge in [0.05, 0.1) is 10.2 Å². The normalized spacial score (nSPS) is 9.82. The summed E-state index contributed by atoms with van der Waals surface area (Å²) in [6.45, 7) is 2.09. The maximum absolute atomic E-state index is 3.56. The van der Waals surface area contributed by atoms with Crippen molar-refractivity contribution in [3.63, 3.8) is 0 Å². The predicted octanol–water partition coefficient (Wildman–Crippen LogP) is 0.855. The van der Waals surface area contributed by atoms with Gasteiger partial charge in [-0.3, -0.25) is 0 Å². The van der Waals surface area contributed by atoms with Crippen LogP contribution in [0.5, 0.6) is 0 Å². The highest BCUT2D eigenvalue weighted by atomic mass is 28.1. The molecule has 0 aliphatic rings. The van der Waals surface area contributed by atoms with Gasteiger partial charge in [-0.15, -0.1) is 0 Å². The van der Waals surface area contributed by atoms with E-state index in [0.29, 0.717) is 0 Å². The summed E-state index contributed by atoms with van der Waals surface area (Å²) in [6, 6.07) is 6.34. The SMILES string of the molecule is Cc1ccc(N(C)C)c([Si])c1. The summed E-state index contributed by atoms with van der Waals surface area (Å²) in [7, 11) is 7.63. The average Bonchev–Trinajstić information content (AvgIpc) is 1.85. The van der Waals surface area contributed by atoms with Crippen LogP contribution >= 0.6 is 0 Å². The van der Waals surface area contributed by atoms with Crippen molar-refractivity contribution in [3.05, 3.63) is 23.8 Å². The number of hydrogen-bond acceptors (Lipinski definition) is 1. The summed E-state index contributed by atoms with van der Waals surface area (Å²) in [5.41, 5.74) is 2.49. The third-order valence-corrected chi connectivity index (χ3v) is 2.03. The van der Waals surface area contributed by atoms with Gasteiger partial charge in [0.2, 0.25) is 0 Å². The van der Waals surface area contributed by atoms with Crippen LogP contribution in [0.1, 0.15) is 5.56 Å². The van der Waals surface area contributed by atoms with Crippen LogP contribution in [0.25, 0.3) is 0 Å². The minimum atomic E-state index is 1.15. The summed E-state index contributed by atoms with van der Waals surface area (Å²) < 4.78 is 0. The maximum Gasteiger partial charge on any atom is 0.0741 e. The number of aryl methyl sites for hydroxylation is 1. The van der Waals surface area contributed by atoms with Crippen LogP contribution in [-0.4, -0.2) is 24.3 Å².